The summed E-state index contributed by atoms with van der Waals surface area (Å²) >= 11 is 0. The normalized spacial score (nSPS) is 12.3. The molecule has 0 aromatic carbocycles. The monoisotopic (exact) mass is 210 g/mol. The van der Waals surface area contributed by atoms with E-state index in [2.05, 4.69) is 30.8 Å². The number of nitrogens with zero attached hydrogens (tertiary/aromatic N) is 2. The van der Waals surface area contributed by atoms with Gasteiger partial charge in [-0.05, 0) is 18.8 Å². The zero-order chi connectivity index (χ0) is 11.4. The van der Waals surface area contributed by atoms with Gasteiger partial charge in [-0.1, -0.05) is 40.0 Å². The van der Waals surface area contributed by atoms with Crippen LogP contribution in [0.15, 0.2) is 9.98 Å². The minimum atomic E-state index is 0.842. The van der Waals surface area contributed by atoms with Gasteiger partial charge in [-0.25, -0.2) is 0 Å². The molecule has 0 unspecified atom stereocenters. The molecule has 0 rings (SSSR count). The summed E-state index contributed by atoms with van der Waals surface area (Å²) in [6.45, 7) is 8.56. The van der Waals surface area contributed by atoms with Gasteiger partial charge >= 0.3 is 0 Å². The first-order valence-electron chi connectivity index (χ1n) is 6.25. The lowest BCUT2D eigenvalue weighted by Crippen LogP contribution is -1.89. The Morgan fingerprint density at radius 1 is 0.933 bits per heavy atom. The molecule has 88 valence electrons. The van der Waals surface area contributed by atoms with Crippen LogP contribution < -0.4 is 0 Å². The predicted molar refractivity (Wildman–Crippen MR) is 70.3 cm³/mol. The molecular formula is C13H26N2. The molecule has 0 aliphatic carbocycles. The first-order chi connectivity index (χ1) is 7.27. The van der Waals surface area contributed by atoms with Crippen molar-refractivity contribution in [1.82, 2.24) is 0 Å². The second-order valence-corrected chi connectivity index (χ2v) is 4.35. The van der Waals surface area contributed by atoms with Crippen LogP contribution in [0.25, 0.3) is 0 Å². The van der Waals surface area contributed by atoms with E-state index in [0.717, 1.165) is 25.4 Å². The van der Waals surface area contributed by atoms with Gasteiger partial charge in [0.1, 0.15) is 0 Å². The molecule has 0 aromatic heterocycles. The van der Waals surface area contributed by atoms with Gasteiger partial charge in [-0.2, -0.15) is 0 Å². The Balaban J connectivity index is 3.16. The fourth-order valence-corrected chi connectivity index (χ4v) is 1.30. The van der Waals surface area contributed by atoms with E-state index in [1.54, 1.807) is 0 Å². The molecule has 0 heterocycles. The van der Waals surface area contributed by atoms with Gasteiger partial charge in [0.05, 0.1) is 0 Å². The quantitative estimate of drug-likeness (QED) is 0.409. The van der Waals surface area contributed by atoms with E-state index in [0.29, 0.717) is 0 Å². The molecule has 0 radical (unpaired) electrons. The van der Waals surface area contributed by atoms with Gasteiger partial charge in [0, 0.05) is 25.5 Å². The Kier molecular flexibility index (Phi) is 10.9. The summed E-state index contributed by atoms with van der Waals surface area (Å²) in [4.78, 5) is 8.46. The van der Waals surface area contributed by atoms with E-state index in [1.807, 2.05) is 12.4 Å². The third-order valence-electron chi connectivity index (χ3n) is 2.20. The van der Waals surface area contributed by atoms with Crippen LogP contribution in [0.3, 0.4) is 0 Å². The summed E-state index contributed by atoms with van der Waals surface area (Å²) in [5, 5.41) is 0. The van der Waals surface area contributed by atoms with Crippen molar-refractivity contribution in [2.45, 2.75) is 52.9 Å². The molecule has 2 heteroatoms. The highest BCUT2D eigenvalue weighted by atomic mass is 14.7. The van der Waals surface area contributed by atoms with Crippen molar-refractivity contribution in [3.8, 4) is 0 Å². The molecule has 0 saturated heterocycles. The first kappa shape index (κ1) is 14.3. The highest BCUT2D eigenvalue weighted by molar-refractivity contribution is 6.15. The molecule has 0 amide bonds. The molecule has 0 aliphatic rings. The molecule has 15 heavy (non-hydrogen) atoms. The van der Waals surface area contributed by atoms with Crippen molar-refractivity contribution in [2.24, 2.45) is 15.9 Å². The zero-order valence-corrected chi connectivity index (χ0v) is 10.6. The number of aliphatic imine (C=N–C) groups is 2. The number of rotatable bonds is 9. The molecule has 0 fully saturated rings. The van der Waals surface area contributed by atoms with Crippen LogP contribution in [0.4, 0.5) is 0 Å². The Hall–Kier alpha value is -0.660. The van der Waals surface area contributed by atoms with Crippen LogP contribution in [-0.2, 0) is 0 Å². The van der Waals surface area contributed by atoms with Crippen LogP contribution in [-0.4, -0.2) is 25.5 Å². The molecule has 0 bridgehead atoms. The molecule has 0 atom stereocenters. The maximum absolute atomic E-state index is 4.29. The van der Waals surface area contributed by atoms with Gasteiger partial charge < -0.3 is 0 Å². The predicted octanol–water partition coefficient (Wildman–Crippen LogP) is 3.75. The lowest BCUT2D eigenvalue weighted by molar-refractivity contribution is 0.529. The van der Waals surface area contributed by atoms with Crippen molar-refractivity contribution < 1.29 is 0 Å². The second kappa shape index (κ2) is 11.4. The maximum Gasteiger partial charge on any atom is 0.0390 e. The average Bonchev–Trinajstić information content (AvgIpc) is 2.20. The van der Waals surface area contributed by atoms with E-state index >= 15 is 0 Å². The third kappa shape index (κ3) is 13.3. The highest BCUT2D eigenvalue weighted by Crippen LogP contribution is 2.07. The van der Waals surface area contributed by atoms with Crippen LogP contribution in [0.1, 0.15) is 52.9 Å². The molecule has 0 spiro atoms. The fraction of sp³-hybridized carbons (Fsp3) is 0.846. The van der Waals surface area contributed by atoms with E-state index in [9.17, 15) is 0 Å². The summed E-state index contributed by atoms with van der Waals surface area (Å²) in [7, 11) is 0. The standard InChI is InChI=1S/C13H26N2/c1-4-9-14-11-12-15-10-7-5-6-8-13(2)3/h11-13H,4-10H2,1-3H3. The van der Waals surface area contributed by atoms with Gasteiger partial charge in [0.25, 0.3) is 0 Å². The smallest absolute Gasteiger partial charge is 0.0390 e. The van der Waals surface area contributed by atoms with Gasteiger partial charge in [-0.15, -0.1) is 0 Å². The van der Waals surface area contributed by atoms with Gasteiger partial charge in [0.2, 0.25) is 0 Å². The zero-order valence-electron chi connectivity index (χ0n) is 10.6. The molecular weight excluding hydrogens is 184 g/mol. The van der Waals surface area contributed by atoms with E-state index in [4.69, 9.17) is 0 Å². The Labute approximate surface area is 94.9 Å². The average molecular weight is 210 g/mol. The second-order valence-electron chi connectivity index (χ2n) is 4.35. The molecule has 2 nitrogen and oxygen atoms in total. The summed E-state index contributed by atoms with van der Waals surface area (Å²) in [6, 6.07) is 0. The summed E-state index contributed by atoms with van der Waals surface area (Å²) in [5.74, 6) is 0.842. The molecule has 0 aromatic rings. The van der Waals surface area contributed by atoms with Crippen LogP contribution >= 0.6 is 0 Å². The van der Waals surface area contributed by atoms with Crippen molar-refractivity contribution in [1.29, 1.82) is 0 Å². The van der Waals surface area contributed by atoms with Gasteiger partial charge in [-0.3, -0.25) is 9.98 Å². The third-order valence-corrected chi connectivity index (χ3v) is 2.20. The summed E-state index contributed by atoms with van der Waals surface area (Å²) in [5.41, 5.74) is 0. The van der Waals surface area contributed by atoms with Crippen molar-refractivity contribution >= 4 is 12.4 Å². The SMILES string of the molecule is CCCN=CC=NCCCCCC(C)C. The Morgan fingerprint density at radius 3 is 2.20 bits per heavy atom. The van der Waals surface area contributed by atoms with Crippen LogP contribution in [0, 0.1) is 5.92 Å². The molecule has 0 saturated carbocycles. The lowest BCUT2D eigenvalue weighted by Gasteiger charge is -2.02. The van der Waals surface area contributed by atoms with Gasteiger partial charge in [0.15, 0.2) is 0 Å². The Bertz CT molecular complexity index is 171. The minimum absolute atomic E-state index is 0.842. The number of hydrogen-bond donors (Lipinski definition) is 0. The van der Waals surface area contributed by atoms with Crippen molar-refractivity contribution in [3.63, 3.8) is 0 Å². The van der Waals surface area contributed by atoms with Crippen molar-refractivity contribution in [2.75, 3.05) is 13.1 Å². The number of unbranched alkanes of at least 4 members (excludes halogenated alkanes) is 2. The molecule has 0 N–H and O–H groups in total. The van der Waals surface area contributed by atoms with E-state index in [-0.39, 0.29) is 0 Å². The lowest BCUT2D eigenvalue weighted by atomic mass is 10.1. The first-order valence-corrected chi connectivity index (χ1v) is 6.25. The highest BCUT2D eigenvalue weighted by Gasteiger charge is 1.92. The Morgan fingerprint density at radius 2 is 1.60 bits per heavy atom. The molecule has 0 aliphatic heterocycles. The van der Waals surface area contributed by atoms with Crippen LogP contribution in [0.5, 0.6) is 0 Å². The summed E-state index contributed by atoms with van der Waals surface area (Å²) < 4.78 is 0. The van der Waals surface area contributed by atoms with Crippen molar-refractivity contribution in [3.05, 3.63) is 0 Å². The van der Waals surface area contributed by atoms with E-state index in [1.165, 1.54) is 25.7 Å². The number of hydrogen-bond acceptors (Lipinski definition) is 2. The topological polar surface area (TPSA) is 24.7 Å². The van der Waals surface area contributed by atoms with Crippen LogP contribution in [0.2, 0.25) is 0 Å². The largest absolute Gasteiger partial charge is 0.292 e. The fourth-order valence-electron chi connectivity index (χ4n) is 1.30. The minimum Gasteiger partial charge on any atom is -0.292 e. The van der Waals surface area contributed by atoms with E-state index < -0.39 is 0 Å². The summed E-state index contributed by atoms with van der Waals surface area (Å²) in [6.07, 6.45) is 9.97. The maximum atomic E-state index is 4.29.